The third-order valence-corrected chi connectivity index (χ3v) is 6.46. The highest BCUT2D eigenvalue weighted by molar-refractivity contribution is 9.10. The predicted octanol–water partition coefficient (Wildman–Crippen LogP) is 7.11. The van der Waals surface area contributed by atoms with Crippen molar-refractivity contribution in [1.29, 1.82) is 0 Å². The number of esters is 2. The molecular formula is C30H21BrCl2N2O6. The molecule has 208 valence electrons. The Hall–Kier alpha value is -4.18. The lowest BCUT2D eigenvalue weighted by Gasteiger charge is -2.13. The molecule has 0 saturated heterocycles. The Balaban J connectivity index is 1.50. The van der Waals surface area contributed by atoms with Crippen LogP contribution in [0.25, 0.3) is 0 Å². The zero-order valence-corrected chi connectivity index (χ0v) is 24.4. The number of ether oxygens (including phenoxy) is 3. The molecule has 0 spiro atoms. The summed E-state index contributed by atoms with van der Waals surface area (Å²) in [6.07, 6.45) is 0.449. The lowest BCUT2D eigenvalue weighted by atomic mass is 10.2. The number of halogens is 3. The molecule has 1 atom stereocenters. The number of nitrogens with one attached hydrogen (secondary N) is 1. The monoisotopic (exact) mass is 654 g/mol. The second kappa shape index (κ2) is 13.9. The standard InChI is InChI=1S/C30H21BrCl2N2O6/c1-18(39-25-14-7-22(31)8-15-25)28(36)35-34-17-21-6-13-26(40-29(37)19-2-9-23(32)10-3-19)16-27(21)41-30(38)20-4-11-24(33)12-5-20/h2-18H,1H3,(H,35,36)/b34-17-/t18-/m0/s1. The van der Waals surface area contributed by atoms with E-state index in [0.29, 0.717) is 21.4 Å². The number of carbonyl (C=O) groups excluding carboxylic acids is 3. The summed E-state index contributed by atoms with van der Waals surface area (Å²) in [5, 5.41) is 4.91. The zero-order valence-electron chi connectivity index (χ0n) is 21.3. The van der Waals surface area contributed by atoms with Crippen molar-refractivity contribution in [3.63, 3.8) is 0 Å². The normalized spacial score (nSPS) is 11.5. The number of hydrogen-bond acceptors (Lipinski definition) is 7. The van der Waals surface area contributed by atoms with Gasteiger partial charge in [-0.25, -0.2) is 15.0 Å². The lowest BCUT2D eigenvalue weighted by Crippen LogP contribution is -2.33. The molecule has 41 heavy (non-hydrogen) atoms. The van der Waals surface area contributed by atoms with Gasteiger partial charge in [0.05, 0.1) is 17.3 Å². The SMILES string of the molecule is C[C@H](Oc1ccc(Br)cc1)C(=O)N/N=C\c1ccc(OC(=O)c2ccc(Cl)cc2)cc1OC(=O)c1ccc(Cl)cc1. The highest BCUT2D eigenvalue weighted by atomic mass is 79.9. The third-order valence-electron chi connectivity index (χ3n) is 5.43. The Labute approximate surface area is 254 Å². The number of nitrogens with zero attached hydrogens (tertiary/aromatic N) is 1. The van der Waals surface area contributed by atoms with E-state index in [0.717, 1.165) is 4.47 Å². The Morgan fingerprint density at radius 2 is 1.32 bits per heavy atom. The molecular weight excluding hydrogens is 635 g/mol. The molecule has 0 aromatic heterocycles. The van der Waals surface area contributed by atoms with Crippen molar-refractivity contribution < 1.29 is 28.6 Å². The Morgan fingerprint density at radius 3 is 1.90 bits per heavy atom. The van der Waals surface area contributed by atoms with Crippen LogP contribution in [0.4, 0.5) is 0 Å². The molecule has 1 amide bonds. The van der Waals surface area contributed by atoms with Gasteiger partial charge in [-0.15, -0.1) is 0 Å². The van der Waals surface area contributed by atoms with Crippen molar-refractivity contribution in [2.45, 2.75) is 13.0 Å². The van der Waals surface area contributed by atoms with E-state index < -0.39 is 23.9 Å². The van der Waals surface area contributed by atoms with Gasteiger partial charge in [-0.05, 0) is 91.9 Å². The highest BCUT2D eigenvalue weighted by Gasteiger charge is 2.16. The summed E-state index contributed by atoms with van der Waals surface area (Å²) in [5.74, 6) is -1.16. The molecule has 8 nitrogen and oxygen atoms in total. The van der Waals surface area contributed by atoms with Crippen LogP contribution in [0.3, 0.4) is 0 Å². The van der Waals surface area contributed by atoms with Crippen LogP contribution in [0.15, 0.2) is 101 Å². The molecule has 4 aromatic rings. The first-order chi connectivity index (χ1) is 19.7. The molecule has 0 fully saturated rings. The molecule has 0 radical (unpaired) electrons. The number of rotatable bonds is 9. The number of amides is 1. The number of carbonyl (C=O) groups is 3. The second-order valence-corrected chi connectivity index (χ2v) is 10.2. The molecule has 0 heterocycles. The van der Waals surface area contributed by atoms with Gasteiger partial charge in [0.2, 0.25) is 0 Å². The summed E-state index contributed by atoms with van der Waals surface area (Å²) in [6, 6.07) is 23.7. The van der Waals surface area contributed by atoms with Gasteiger partial charge in [-0.2, -0.15) is 5.10 Å². The van der Waals surface area contributed by atoms with E-state index in [1.54, 1.807) is 55.5 Å². The molecule has 0 aliphatic carbocycles. The van der Waals surface area contributed by atoms with Gasteiger partial charge >= 0.3 is 11.9 Å². The summed E-state index contributed by atoms with van der Waals surface area (Å²) in [6.45, 7) is 1.58. The van der Waals surface area contributed by atoms with Crippen molar-refractivity contribution >= 4 is 63.2 Å². The minimum atomic E-state index is -0.842. The van der Waals surface area contributed by atoms with Crippen LogP contribution >= 0.6 is 39.1 Å². The van der Waals surface area contributed by atoms with E-state index in [9.17, 15) is 14.4 Å². The van der Waals surface area contributed by atoms with Crippen molar-refractivity contribution in [2.75, 3.05) is 0 Å². The molecule has 11 heteroatoms. The fourth-order valence-corrected chi connectivity index (χ4v) is 3.81. The number of benzene rings is 4. The number of hydrazone groups is 1. The molecule has 4 rings (SSSR count). The van der Waals surface area contributed by atoms with Crippen LogP contribution in [0.2, 0.25) is 10.0 Å². The molecule has 0 aliphatic heterocycles. The molecule has 4 aromatic carbocycles. The summed E-state index contributed by atoms with van der Waals surface area (Å²) in [7, 11) is 0. The maximum absolute atomic E-state index is 12.8. The Bertz CT molecular complexity index is 1580. The minimum absolute atomic E-state index is 0.0310. The Morgan fingerprint density at radius 1 is 0.780 bits per heavy atom. The van der Waals surface area contributed by atoms with E-state index in [1.807, 2.05) is 0 Å². The predicted molar refractivity (Wildman–Crippen MR) is 159 cm³/mol. The third kappa shape index (κ3) is 8.65. The van der Waals surface area contributed by atoms with Gasteiger partial charge in [0.1, 0.15) is 17.2 Å². The van der Waals surface area contributed by atoms with E-state index in [-0.39, 0.29) is 22.6 Å². The van der Waals surface area contributed by atoms with Crippen LogP contribution in [0, 0.1) is 0 Å². The minimum Gasteiger partial charge on any atom is -0.481 e. The van der Waals surface area contributed by atoms with E-state index in [2.05, 4.69) is 26.5 Å². The summed E-state index contributed by atoms with van der Waals surface area (Å²) in [5.41, 5.74) is 3.24. The quantitative estimate of drug-likeness (QED) is 0.0892. The van der Waals surface area contributed by atoms with E-state index >= 15 is 0 Å². The lowest BCUT2D eigenvalue weighted by molar-refractivity contribution is -0.127. The van der Waals surface area contributed by atoms with Crippen LogP contribution < -0.4 is 19.6 Å². The molecule has 0 bridgehead atoms. The first-order valence-electron chi connectivity index (χ1n) is 12.0. The highest BCUT2D eigenvalue weighted by Crippen LogP contribution is 2.26. The van der Waals surface area contributed by atoms with E-state index in [4.69, 9.17) is 37.4 Å². The van der Waals surface area contributed by atoms with Gasteiger partial charge in [0, 0.05) is 26.1 Å². The Kier molecular flexibility index (Phi) is 10.1. The van der Waals surface area contributed by atoms with Gasteiger partial charge in [-0.1, -0.05) is 39.1 Å². The van der Waals surface area contributed by atoms with Gasteiger partial charge < -0.3 is 14.2 Å². The molecule has 1 N–H and O–H groups in total. The maximum atomic E-state index is 12.8. The number of hydrogen-bond donors (Lipinski definition) is 1. The van der Waals surface area contributed by atoms with Gasteiger partial charge in [0.25, 0.3) is 5.91 Å². The second-order valence-electron chi connectivity index (χ2n) is 8.44. The van der Waals surface area contributed by atoms with Crippen LogP contribution in [0.5, 0.6) is 17.2 Å². The fraction of sp³-hybridized carbons (Fsp3) is 0.0667. The van der Waals surface area contributed by atoms with Crippen LogP contribution in [-0.2, 0) is 4.79 Å². The van der Waals surface area contributed by atoms with E-state index in [1.165, 1.54) is 48.7 Å². The maximum Gasteiger partial charge on any atom is 0.343 e. The van der Waals surface area contributed by atoms with Crippen molar-refractivity contribution in [2.24, 2.45) is 5.10 Å². The molecule has 0 aliphatic rings. The topological polar surface area (TPSA) is 103 Å². The average Bonchev–Trinajstić information content (AvgIpc) is 2.96. The smallest absolute Gasteiger partial charge is 0.343 e. The summed E-state index contributed by atoms with van der Waals surface area (Å²) >= 11 is 15.1. The van der Waals surface area contributed by atoms with Gasteiger partial charge in [0.15, 0.2) is 6.10 Å². The first kappa shape index (κ1) is 29.8. The van der Waals surface area contributed by atoms with Crippen molar-refractivity contribution in [3.8, 4) is 17.2 Å². The zero-order chi connectivity index (χ0) is 29.4. The first-order valence-corrected chi connectivity index (χ1v) is 13.6. The van der Waals surface area contributed by atoms with Crippen LogP contribution in [0.1, 0.15) is 33.2 Å². The van der Waals surface area contributed by atoms with Gasteiger partial charge in [-0.3, -0.25) is 4.79 Å². The van der Waals surface area contributed by atoms with Crippen LogP contribution in [-0.4, -0.2) is 30.2 Å². The molecule has 0 saturated carbocycles. The summed E-state index contributed by atoms with van der Waals surface area (Å²) in [4.78, 5) is 37.9. The summed E-state index contributed by atoms with van der Waals surface area (Å²) < 4.78 is 17.5. The average molecular weight is 656 g/mol. The fourth-order valence-electron chi connectivity index (χ4n) is 3.30. The molecule has 0 unspecified atom stereocenters. The largest absolute Gasteiger partial charge is 0.481 e. The van der Waals surface area contributed by atoms with Crippen molar-refractivity contribution in [3.05, 3.63) is 122 Å². The van der Waals surface area contributed by atoms with Crippen molar-refractivity contribution in [1.82, 2.24) is 5.43 Å².